The third-order valence-electron chi connectivity index (χ3n) is 3.90. The normalized spacial score (nSPS) is 11.5. The number of rotatable bonds is 3. The van der Waals surface area contributed by atoms with Gasteiger partial charge in [0.25, 0.3) is 0 Å². The zero-order valence-corrected chi connectivity index (χ0v) is 14.3. The third-order valence-corrected chi connectivity index (χ3v) is 4.17. The Hall–Kier alpha value is -2.54. The van der Waals surface area contributed by atoms with Crippen molar-refractivity contribution in [3.8, 4) is 11.4 Å². The van der Waals surface area contributed by atoms with Crippen molar-refractivity contribution in [2.45, 2.75) is 20.8 Å². The number of aryl methyl sites for hydroxylation is 3. The molecule has 0 aliphatic carbocycles. The molecule has 0 saturated carbocycles. The number of hydrogen-bond donors (Lipinski definition) is 1. The zero-order valence-electron chi connectivity index (χ0n) is 13.5. The Morgan fingerprint density at radius 2 is 1.96 bits per heavy atom. The molecule has 2 heterocycles. The molecule has 0 amide bonds. The minimum atomic E-state index is 0.457. The summed E-state index contributed by atoms with van der Waals surface area (Å²) in [6.45, 7) is 6.01. The predicted molar refractivity (Wildman–Crippen MR) is 93.3 cm³/mol. The molecule has 0 spiro atoms. The van der Waals surface area contributed by atoms with Gasteiger partial charge in [-0.1, -0.05) is 24.3 Å². The molecule has 118 valence electrons. The van der Waals surface area contributed by atoms with Crippen LogP contribution in [0.1, 0.15) is 22.5 Å². The summed E-state index contributed by atoms with van der Waals surface area (Å²) in [5.74, 6) is 0.698. The van der Waals surface area contributed by atoms with Crippen LogP contribution in [-0.2, 0) is 7.05 Å². The van der Waals surface area contributed by atoms with Crippen LogP contribution in [0.2, 0.25) is 0 Å². The lowest BCUT2D eigenvalue weighted by molar-refractivity contribution is 0.731. The van der Waals surface area contributed by atoms with E-state index in [1.165, 1.54) is 0 Å². The number of nitrogens with one attached hydrogen (secondary N) is 1. The van der Waals surface area contributed by atoms with Crippen molar-refractivity contribution >= 4 is 18.4 Å². The molecule has 0 radical (unpaired) electrons. The summed E-state index contributed by atoms with van der Waals surface area (Å²) in [5.41, 5.74) is 5.09. The van der Waals surface area contributed by atoms with Crippen LogP contribution in [0.5, 0.6) is 0 Å². The summed E-state index contributed by atoms with van der Waals surface area (Å²) in [7, 11) is 1.92. The van der Waals surface area contributed by atoms with E-state index in [9.17, 15) is 0 Å². The minimum Gasteiger partial charge on any atom is -0.272 e. The van der Waals surface area contributed by atoms with Crippen LogP contribution in [0.4, 0.5) is 0 Å². The second kappa shape index (κ2) is 5.92. The van der Waals surface area contributed by atoms with Gasteiger partial charge in [-0.05, 0) is 38.6 Å². The van der Waals surface area contributed by atoms with Crippen molar-refractivity contribution < 1.29 is 0 Å². The first kappa shape index (κ1) is 15.4. The van der Waals surface area contributed by atoms with Gasteiger partial charge < -0.3 is 0 Å². The van der Waals surface area contributed by atoms with E-state index >= 15 is 0 Å². The highest BCUT2D eigenvalue weighted by Gasteiger charge is 2.11. The van der Waals surface area contributed by atoms with Gasteiger partial charge in [-0.3, -0.25) is 4.68 Å². The minimum absolute atomic E-state index is 0.457. The predicted octanol–water partition coefficient (Wildman–Crippen LogP) is 3.15. The fourth-order valence-electron chi connectivity index (χ4n) is 2.49. The van der Waals surface area contributed by atoms with Gasteiger partial charge in [-0.2, -0.15) is 20.0 Å². The molecule has 6 nitrogen and oxygen atoms in total. The quantitative estimate of drug-likeness (QED) is 0.594. The van der Waals surface area contributed by atoms with Crippen molar-refractivity contribution in [1.82, 2.24) is 24.7 Å². The van der Waals surface area contributed by atoms with Gasteiger partial charge >= 0.3 is 0 Å². The molecule has 3 aromatic rings. The number of benzene rings is 1. The van der Waals surface area contributed by atoms with E-state index in [0.717, 1.165) is 28.1 Å². The molecule has 0 atom stereocenters. The van der Waals surface area contributed by atoms with E-state index in [2.05, 4.69) is 20.4 Å². The van der Waals surface area contributed by atoms with E-state index in [0.29, 0.717) is 10.6 Å². The Bertz CT molecular complexity index is 944. The van der Waals surface area contributed by atoms with Gasteiger partial charge in [0.15, 0.2) is 5.82 Å². The van der Waals surface area contributed by atoms with Crippen molar-refractivity contribution in [2.75, 3.05) is 0 Å². The van der Waals surface area contributed by atoms with Gasteiger partial charge in [0, 0.05) is 23.9 Å². The number of aromatic amines is 1. The van der Waals surface area contributed by atoms with Crippen LogP contribution < -0.4 is 0 Å². The number of nitrogens with zero attached hydrogens (tertiary/aromatic N) is 5. The Morgan fingerprint density at radius 3 is 2.61 bits per heavy atom. The Kier molecular flexibility index (Phi) is 3.96. The smallest absolute Gasteiger partial charge is 0.216 e. The van der Waals surface area contributed by atoms with Gasteiger partial charge in [0.1, 0.15) is 0 Å². The van der Waals surface area contributed by atoms with Crippen molar-refractivity contribution in [2.24, 2.45) is 12.1 Å². The number of aromatic nitrogens is 5. The topological polar surface area (TPSA) is 63.8 Å². The Morgan fingerprint density at radius 1 is 1.22 bits per heavy atom. The molecule has 7 heteroatoms. The van der Waals surface area contributed by atoms with Crippen LogP contribution in [-0.4, -0.2) is 30.9 Å². The highest BCUT2D eigenvalue weighted by atomic mass is 32.1. The highest BCUT2D eigenvalue weighted by Crippen LogP contribution is 2.21. The summed E-state index contributed by atoms with van der Waals surface area (Å²) in [6, 6.07) is 8.02. The monoisotopic (exact) mass is 326 g/mol. The Balaban J connectivity index is 2.08. The van der Waals surface area contributed by atoms with E-state index in [1.807, 2.05) is 56.8 Å². The molecule has 0 unspecified atom stereocenters. The highest BCUT2D eigenvalue weighted by molar-refractivity contribution is 7.71. The maximum absolute atomic E-state index is 5.31. The first-order valence-corrected chi connectivity index (χ1v) is 7.68. The molecule has 3 rings (SSSR count). The summed E-state index contributed by atoms with van der Waals surface area (Å²) >= 11 is 5.31. The number of H-pyrrole nitrogens is 1. The molecule has 1 aromatic carbocycles. The van der Waals surface area contributed by atoms with Crippen LogP contribution in [0.15, 0.2) is 29.4 Å². The van der Waals surface area contributed by atoms with Gasteiger partial charge in [0.05, 0.1) is 11.9 Å². The summed E-state index contributed by atoms with van der Waals surface area (Å²) in [5, 5.41) is 16.1. The third kappa shape index (κ3) is 2.75. The Labute approximate surface area is 139 Å². The second-order valence-corrected chi connectivity index (χ2v) is 5.82. The van der Waals surface area contributed by atoms with E-state index in [-0.39, 0.29) is 0 Å². The number of hydrogen-bond acceptors (Lipinski definition) is 4. The molecule has 2 aromatic heterocycles. The van der Waals surface area contributed by atoms with Crippen LogP contribution in [0, 0.1) is 25.5 Å². The van der Waals surface area contributed by atoms with Crippen LogP contribution >= 0.6 is 12.2 Å². The van der Waals surface area contributed by atoms with Crippen LogP contribution in [0.3, 0.4) is 0 Å². The van der Waals surface area contributed by atoms with Gasteiger partial charge in [0.2, 0.25) is 4.77 Å². The molecule has 0 aliphatic rings. The fourth-order valence-corrected chi connectivity index (χ4v) is 2.67. The lowest BCUT2D eigenvalue weighted by Crippen LogP contribution is -1.98. The van der Waals surface area contributed by atoms with Crippen molar-refractivity contribution in [3.63, 3.8) is 0 Å². The standard InChI is InChI=1S/C16H18N6S/c1-10-7-5-6-8-13(10)15-18-19-16(23)22(15)17-9-14-11(2)20-21(4)12(14)3/h5-9H,1-4H3,(H,19,23)/b17-9+. The summed E-state index contributed by atoms with van der Waals surface area (Å²) in [6.07, 6.45) is 1.78. The molecule has 1 N–H and O–H groups in total. The van der Waals surface area contributed by atoms with Gasteiger partial charge in [-0.25, -0.2) is 5.10 Å². The largest absolute Gasteiger partial charge is 0.272 e. The molecule has 23 heavy (non-hydrogen) atoms. The average molecular weight is 326 g/mol. The lowest BCUT2D eigenvalue weighted by Gasteiger charge is -2.04. The van der Waals surface area contributed by atoms with Crippen molar-refractivity contribution in [1.29, 1.82) is 0 Å². The average Bonchev–Trinajstić information content (AvgIpc) is 2.99. The molecule has 0 fully saturated rings. The van der Waals surface area contributed by atoms with E-state index in [1.54, 1.807) is 10.9 Å². The molecular formula is C16H18N6S. The first-order valence-electron chi connectivity index (χ1n) is 7.27. The van der Waals surface area contributed by atoms with Crippen molar-refractivity contribution in [3.05, 3.63) is 51.6 Å². The fraction of sp³-hybridized carbons (Fsp3) is 0.250. The maximum atomic E-state index is 5.31. The molecule has 0 saturated heterocycles. The molecule has 0 bridgehead atoms. The van der Waals surface area contributed by atoms with E-state index in [4.69, 9.17) is 12.2 Å². The summed E-state index contributed by atoms with van der Waals surface area (Å²) in [4.78, 5) is 0. The van der Waals surface area contributed by atoms with Crippen LogP contribution in [0.25, 0.3) is 11.4 Å². The SMILES string of the molecule is Cc1ccccc1-c1n[nH]c(=S)n1/N=C/c1c(C)nn(C)c1C. The van der Waals surface area contributed by atoms with Gasteiger partial charge in [-0.15, -0.1) is 0 Å². The lowest BCUT2D eigenvalue weighted by atomic mass is 10.1. The zero-order chi connectivity index (χ0) is 16.6. The summed E-state index contributed by atoms with van der Waals surface area (Å²) < 4.78 is 3.94. The molecule has 0 aliphatic heterocycles. The second-order valence-electron chi connectivity index (χ2n) is 5.43. The van der Waals surface area contributed by atoms with E-state index < -0.39 is 0 Å². The first-order chi connectivity index (χ1) is 11.0. The maximum Gasteiger partial charge on any atom is 0.216 e. The molecular weight excluding hydrogens is 308 g/mol.